The molecule has 3 aromatic rings. The third-order valence-electron chi connectivity index (χ3n) is 5.07. The summed E-state index contributed by atoms with van der Waals surface area (Å²) in [6.45, 7) is 6.24. The van der Waals surface area contributed by atoms with Crippen molar-refractivity contribution in [1.82, 2.24) is 14.9 Å². The van der Waals surface area contributed by atoms with E-state index in [2.05, 4.69) is 10.3 Å². The highest BCUT2D eigenvalue weighted by Gasteiger charge is 2.23. The van der Waals surface area contributed by atoms with Gasteiger partial charge in [-0.3, -0.25) is 14.2 Å². The molecule has 3 heterocycles. The van der Waals surface area contributed by atoms with Crippen LogP contribution in [0.4, 0.5) is 0 Å². The van der Waals surface area contributed by atoms with Gasteiger partial charge < -0.3 is 10.1 Å². The van der Waals surface area contributed by atoms with E-state index in [1.54, 1.807) is 4.57 Å². The number of fused-ring (bicyclic) bond motifs is 2. The number of aryl methyl sites for hydroxylation is 2. The largest absolute Gasteiger partial charge is 0.377 e. The van der Waals surface area contributed by atoms with Crippen LogP contribution in [0.3, 0.4) is 0 Å². The second-order valence-corrected chi connectivity index (χ2v) is 7.96. The lowest BCUT2D eigenvalue weighted by Crippen LogP contribution is -2.23. The lowest BCUT2D eigenvalue weighted by molar-refractivity contribution is 0.0954. The van der Waals surface area contributed by atoms with Crippen molar-refractivity contribution in [3.63, 3.8) is 0 Å². The van der Waals surface area contributed by atoms with Crippen molar-refractivity contribution in [3.05, 3.63) is 62.0 Å². The fourth-order valence-electron chi connectivity index (χ4n) is 3.53. The van der Waals surface area contributed by atoms with E-state index in [1.807, 2.05) is 38.1 Å². The Balaban J connectivity index is 1.51. The van der Waals surface area contributed by atoms with Crippen LogP contribution in [0.15, 0.2) is 29.1 Å². The van der Waals surface area contributed by atoms with E-state index in [0.717, 1.165) is 35.4 Å². The topological polar surface area (TPSA) is 73.2 Å². The molecule has 1 N–H and O–H groups in total. The summed E-state index contributed by atoms with van der Waals surface area (Å²) in [5, 5.41) is 3.54. The molecule has 6 nitrogen and oxygen atoms in total. The maximum absolute atomic E-state index is 12.8. The number of amides is 1. The Kier molecular flexibility index (Phi) is 5.28. The van der Waals surface area contributed by atoms with E-state index in [1.165, 1.54) is 11.3 Å². The van der Waals surface area contributed by atoms with Gasteiger partial charge in [-0.25, -0.2) is 4.98 Å². The molecule has 7 heteroatoms. The summed E-state index contributed by atoms with van der Waals surface area (Å²) >= 11 is 1.31. The van der Waals surface area contributed by atoms with E-state index in [0.29, 0.717) is 41.4 Å². The average molecular weight is 398 g/mol. The highest BCUT2D eigenvalue weighted by Crippen LogP contribution is 2.28. The quantitative estimate of drug-likeness (QED) is 0.693. The lowest BCUT2D eigenvalue weighted by atomic mass is 10.1. The molecular formula is C21H23N3O3S. The van der Waals surface area contributed by atoms with Crippen LogP contribution >= 0.6 is 11.3 Å². The number of nitrogens with one attached hydrogen (secondary N) is 1. The molecule has 1 amide bonds. The highest BCUT2D eigenvalue weighted by atomic mass is 32.1. The molecule has 0 bridgehead atoms. The van der Waals surface area contributed by atoms with Gasteiger partial charge in [0, 0.05) is 26.1 Å². The summed E-state index contributed by atoms with van der Waals surface area (Å²) in [6, 6.07) is 8.00. The minimum atomic E-state index is -0.163. The second kappa shape index (κ2) is 7.85. The van der Waals surface area contributed by atoms with Crippen molar-refractivity contribution in [3.8, 4) is 0 Å². The number of carbonyl (C=O) groups excluding carboxylic acids is 1. The summed E-state index contributed by atoms with van der Waals surface area (Å²) in [4.78, 5) is 31.3. The smallest absolute Gasteiger partial charge is 0.262 e. The Morgan fingerprint density at radius 1 is 1.29 bits per heavy atom. The van der Waals surface area contributed by atoms with E-state index >= 15 is 0 Å². The number of rotatable bonds is 6. The Hall–Kier alpha value is -2.51. The first kappa shape index (κ1) is 18.8. The number of aromatic nitrogens is 2. The molecule has 0 unspecified atom stereocenters. The number of ether oxygens (including phenoxy) is 1. The van der Waals surface area contributed by atoms with Crippen molar-refractivity contribution in [2.75, 3.05) is 6.61 Å². The number of hydrogen-bond acceptors (Lipinski definition) is 5. The Morgan fingerprint density at radius 2 is 2.04 bits per heavy atom. The first-order valence-corrected chi connectivity index (χ1v) is 10.4. The van der Waals surface area contributed by atoms with Crippen molar-refractivity contribution in [2.24, 2.45) is 0 Å². The Bertz CT molecular complexity index is 1080. The van der Waals surface area contributed by atoms with Gasteiger partial charge in [0.2, 0.25) is 0 Å². The van der Waals surface area contributed by atoms with Crippen LogP contribution in [0, 0.1) is 6.92 Å². The summed E-state index contributed by atoms with van der Waals surface area (Å²) < 4.78 is 7.14. The van der Waals surface area contributed by atoms with Gasteiger partial charge in [-0.1, -0.05) is 24.3 Å². The molecule has 1 aromatic carbocycles. The van der Waals surface area contributed by atoms with E-state index < -0.39 is 0 Å². The molecule has 2 aromatic heterocycles. The summed E-state index contributed by atoms with van der Waals surface area (Å²) in [5.41, 5.74) is 2.83. The lowest BCUT2D eigenvalue weighted by Gasteiger charge is -2.06. The maximum Gasteiger partial charge on any atom is 0.262 e. The SMILES string of the molecule is CCOCc1ccc(CNC(=O)c2sc3nc4n(c(=O)c3c2C)CCC4)cc1. The van der Waals surface area contributed by atoms with Gasteiger partial charge >= 0.3 is 0 Å². The zero-order chi connectivity index (χ0) is 19.7. The van der Waals surface area contributed by atoms with Gasteiger partial charge in [0.1, 0.15) is 10.7 Å². The van der Waals surface area contributed by atoms with Gasteiger partial charge in [0.25, 0.3) is 11.5 Å². The Morgan fingerprint density at radius 3 is 2.79 bits per heavy atom. The van der Waals surface area contributed by atoms with E-state index in [-0.39, 0.29) is 11.5 Å². The number of benzene rings is 1. The van der Waals surface area contributed by atoms with Gasteiger partial charge in [-0.15, -0.1) is 11.3 Å². The van der Waals surface area contributed by atoms with Gasteiger partial charge in [-0.05, 0) is 37.0 Å². The predicted molar refractivity (Wildman–Crippen MR) is 110 cm³/mol. The van der Waals surface area contributed by atoms with Crippen molar-refractivity contribution < 1.29 is 9.53 Å². The number of carbonyl (C=O) groups is 1. The molecule has 146 valence electrons. The van der Waals surface area contributed by atoms with Crippen LogP contribution in [0.2, 0.25) is 0 Å². The molecule has 28 heavy (non-hydrogen) atoms. The third-order valence-corrected chi connectivity index (χ3v) is 6.25. The monoisotopic (exact) mass is 397 g/mol. The summed E-state index contributed by atoms with van der Waals surface area (Å²) in [7, 11) is 0. The molecule has 0 radical (unpaired) electrons. The van der Waals surface area contributed by atoms with Crippen LogP contribution in [-0.4, -0.2) is 22.1 Å². The highest BCUT2D eigenvalue weighted by molar-refractivity contribution is 7.20. The number of nitrogens with zero attached hydrogens (tertiary/aromatic N) is 2. The molecule has 0 fully saturated rings. The molecule has 0 atom stereocenters. The fourth-order valence-corrected chi connectivity index (χ4v) is 4.63. The van der Waals surface area contributed by atoms with Crippen LogP contribution in [-0.2, 0) is 30.9 Å². The Labute approximate surface area is 167 Å². The van der Waals surface area contributed by atoms with Crippen LogP contribution in [0.25, 0.3) is 10.2 Å². The summed E-state index contributed by atoms with van der Waals surface area (Å²) in [6.07, 6.45) is 1.78. The molecule has 0 saturated carbocycles. The number of hydrogen-bond donors (Lipinski definition) is 1. The van der Waals surface area contributed by atoms with Crippen molar-refractivity contribution in [2.45, 2.75) is 46.4 Å². The van der Waals surface area contributed by atoms with E-state index in [9.17, 15) is 9.59 Å². The minimum absolute atomic E-state index is 0.0183. The molecule has 4 rings (SSSR count). The van der Waals surface area contributed by atoms with Crippen LogP contribution in [0.5, 0.6) is 0 Å². The van der Waals surface area contributed by atoms with Crippen molar-refractivity contribution in [1.29, 1.82) is 0 Å². The molecular weight excluding hydrogens is 374 g/mol. The van der Waals surface area contributed by atoms with Gasteiger partial charge in [-0.2, -0.15) is 0 Å². The fraction of sp³-hybridized carbons (Fsp3) is 0.381. The van der Waals surface area contributed by atoms with Gasteiger partial charge in [0.05, 0.1) is 16.9 Å². The molecule has 0 saturated heterocycles. The predicted octanol–water partition coefficient (Wildman–Crippen LogP) is 3.18. The zero-order valence-electron chi connectivity index (χ0n) is 16.1. The van der Waals surface area contributed by atoms with Crippen LogP contribution in [0.1, 0.15) is 45.5 Å². The van der Waals surface area contributed by atoms with Crippen molar-refractivity contribution >= 4 is 27.5 Å². The molecule has 0 aliphatic carbocycles. The molecule has 0 spiro atoms. The minimum Gasteiger partial charge on any atom is -0.377 e. The second-order valence-electron chi connectivity index (χ2n) is 6.96. The number of thiophene rings is 1. The summed E-state index contributed by atoms with van der Waals surface area (Å²) in [5.74, 6) is 0.668. The van der Waals surface area contributed by atoms with Crippen LogP contribution < -0.4 is 10.9 Å². The standard InChI is InChI=1S/C21H23N3O3S/c1-3-27-12-15-8-6-14(7-9-15)11-22-19(25)18-13(2)17-20(28-18)23-16-5-4-10-24(16)21(17)26/h6-9H,3-5,10-12H2,1-2H3,(H,22,25). The normalized spacial score (nSPS) is 13.1. The van der Waals surface area contributed by atoms with E-state index in [4.69, 9.17) is 4.74 Å². The first-order chi connectivity index (χ1) is 13.6. The molecule has 1 aliphatic rings. The zero-order valence-corrected chi connectivity index (χ0v) is 16.9. The van der Waals surface area contributed by atoms with Gasteiger partial charge in [0.15, 0.2) is 0 Å². The third kappa shape index (κ3) is 3.47. The molecule has 1 aliphatic heterocycles. The first-order valence-electron chi connectivity index (χ1n) is 9.55. The average Bonchev–Trinajstić information content (AvgIpc) is 3.30. The maximum atomic E-state index is 12.8.